The minimum Gasteiger partial charge on any atom is -0.382 e. The van der Waals surface area contributed by atoms with Crippen molar-refractivity contribution < 1.29 is 4.79 Å². The van der Waals surface area contributed by atoms with Gasteiger partial charge < -0.3 is 11.1 Å². The van der Waals surface area contributed by atoms with E-state index in [0.29, 0.717) is 5.82 Å². The molecule has 0 bridgehead atoms. The number of aromatic nitrogens is 2. The first-order valence-electron chi connectivity index (χ1n) is 8.99. The first-order valence-corrected chi connectivity index (χ1v) is 8.99. The first kappa shape index (κ1) is 17.5. The van der Waals surface area contributed by atoms with E-state index in [4.69, 9.17) is 5.73 Å². The highest BCUT2D eigenvalue weighted by Crippen LogP contribution is 2.30. The van der Waals surface area contributed by atoms with Gasteiger partial charge in [0.25, 0.3) is 0 Å². The number of carbonyl (C=O) groups excluding carboxylic acids is 1. The zero-order valence-corrected chi connectivity index (χ0v) is 15.5. The maximum Gasteiger partial charge on any atom is 0.244 e. The number of imidazole rings is 1. The van der Waals surface area contributed by atoms with Crippen LogP contribution in [0.1, 0.15) is 11.1 Å². The Morgan fingerprint density at radius 2 is 1.64 bits per heavy atom. The highest BCUT2D eigenvalue weighted by atomic mass is 16.1. The fourth-order valence-electron chi connectivity index (χ4n) is 3.26. The van der Waals surface area contributed by atoms with Crippen molar-refractivity contribution in [3.8, 4) is 11.3 Å². The van der Waals surface area contributed by atoms with Crippen LogP contribution in [0.3, 0.4) is 0 Å². The number of benzene rings is 2. The second kappa shape index (κ2) is 7.40. The van der Waals surface area contributed by atoms with Crippen LogP contribution in [0.25, 0.3) is 22.5 Å². The molecule has 28 heavy (non-hydrogen) atoms. The first-order chi connectivity index (χ1) is 13.7. The number of hydrogen-bond donors (Lipinski definition) is 2. The molecule has 2 aromatic heterocycles. The molecule has 4 aromatic rings. The van der Waals surface area contributed by atoms with Crippen LogP contribution in [0.2, 0.25) is 0 Å². The van der Waals surface area contributed by atoms with Crippen LogP contribution in [0.5, 0.6) is 0 Å². The number of rotatable bonds is 4. The molecule has 138 valence electrons. The lowest BCUT2D eigenvalue weighted by Crippen LogP contribution is -2.15. The number of nitrogens with one attached hydrogen (secondary N) is 1. The standard InChI is InChI=1S/C23H20N4O/c1-25-21(28)14-19(16-8-4-2-5-9-16)18-12-13-20-26-23(24)22(27(20)15-18)17-10-6-3-7-11-17/h2-15H,24H2,1H3,(H,25,28)/b19-14+. The van der Waals surface area contributed by atoms with Gasteiger partial charge in [0.05, 0.1) is 5.69 Å². The van der Waals surface area contributed by atoms with Crippen molar-refractivity contribution in [1.82, 2.24) is 14.7 Å². The van der Waals surface area contributed by atoms with E-state index in [1.165, 1.54) is 0 Å². The number of nitrogens with two attached hydrogens (primary N) is 1. The molecule has 0 saturated carbocycles. The lowest BCUT2D eigenvalue weighted by Gasteiger charge is -2.10. The van der Waals surface area contributed by atoms with Crippen LogP contribution < -0.4 is 11.1 Å². The molecule has 1 amide bonds. The molecule has 0 unspecified atom stereocenters. The summed E-state index contributed by atoms with van der Waals surface area (Å²) < 4.78 is 1.97. The van der Waals surface area contributed by atoms with E-state index in [0.717, 1.165) is 33.6 Å². The molecule has 0 spiro atoms. The molecular weight excluding hydrogens is 348 g/mol. The topological polar surface area (TPSA) is 72.4 Å². The molecule has 2 heterocycles. The number of amides is 1. The summed E-state index contributed by atoms with van der Waals surface area (Å²) in [7, 11) is 1.62. The molecule has 5 heteroatoms. The van der Waals surface area contributed by atoms with Gasteiger partial charge in [0.1, 0.15) is 5.65 Å². The summed E-state index contributed by atoms with van der Waals surface area (Å²) in [6.45, 7) is 0. The number of nitrogens with zero attached hydrogens (tertiary/aromatic N) is 2. The van der Waals surface area contributed by atoms with Crippen LogP contribution in [0.4, 0.5) is 5.82 Å². The second-order valence-corrected chi connectivity index (χ2v) is 6.40. The zero-order valence-electron chi connectivity index (χ0n) is 15.5. The van der Waals surface area contributed by atoms with E-state index in [9.17, 15) is 4.79 Å². The van der Waals surface area contributed by atoms with Gasteiger partial charge in [-0.3, -0.25) is 9.20 Å². The number of pyridine rings is 1. The van der Waals surface area contributed by atoms with Gasteiger partial charge in [-0.1, -0.05) is 60.7 Å². The molecule has 5 nitrogen and oxygen atoms in total. The van der Waals surface area contributed by atoms with Gasteiger partial charge in [-0.25, -0.2) is 4.98 Å². The Morgan fingerprint density at radius 1 is 0.964 bits per heavy atom. The van der Waals surface area contributed by atoms with Crippen LogP contribution >= 0.6 is 0 Å². The average Bonchev–Trinajstić information content (AvgIpc) is 3.08. The van der Waals surface area contributed by atoms with Crippen molar-refractivity contribution in [3.63, 3.8) is 0 Å². The quantitative estimate of drug-likeness (QED) is 0.539. The molecule has 0 atom stereocenters. The molecule has 0 fully saturated rings. The van der Waals surface area contributed by atoms with E-state index in [1.54, 1.807) is 13.1 Å². The smallest absolute Gasteiger partial charge is 0.244 e. The number of nitrogen functional groups attached to an aromatic ring is 1. The number of hydrogen-bond acceptors (Lipinski definition) is 3. The molecule has 0 aliphatic rings. The molecule has 0 saturated heterocycles. The monoisotopic (exact) mass is 368 g/mol. The number of fused-ring (bicyclic) bond motifs is 1. The summed E-state index contributed by atoms with van der Waals surface area (Å²) in [5, 5.41) is 2.66. The van der Waals surface area contributed by atoms with Crippen LogP contribution in [0, 0.1) is 0 Å². The number of anilines is 1. The Kier molecular flexibility index (Phi) is 4.64. The highest BCUT2D eigenvalue weighted by Gasteiger charge is 2.14. The third-order valence-electron chi connectivity index (χ3n) is 4.61. The minimum absolute atomic E-state index is 0.160. The van der Waals surface area contributed by atoms with Gasteiger partial charge in [-0.05, 0) is 28.8 Å². The van der Waals surface area contributed by atoms with E-state index in [-0.39, 0.29) is 5.91 Å². The molecule has 3 N–H and O–H groups in total. The average molecular weight is 368 g/mol. The van der Waals surface area contributed by atoms with Crippen LogP contribution in [0.15, 0.2) is 85.1 Å². The maximum absolute atomic E-state index is 12.1. The third kappa shape index (κ3) is 3.25. The predicted molar refractivity (Wildman–Crippen MR) is 113 cm³/mol. The fraction of sp³-hybridized carbons (Fsp3) is 0.0435. The van der Waals surface area contributed by atoms with Crippen molar-refractivity contribution >= 4 is 22.9 Å². The maximum atomic E-state index is 12.1. The van der Waals surface area contributed by atoms with E-state index >= 15 is 0 Å². The Balaban J connectivity index is 1.92. The van der Waals surface area contributed by atoms with Gasteiger partial charge in [0, 0.05) is 24.9 Å². The normalized spacial score (nSPS) is 11.5. The van der Waals surface area contributed by atoms with Crippen molar-refractivity contribution in [2.24, 2.45) is 0 Å². The Morgan fingerprint density at radius 3 is 2.32 bits per heavy atom. The Bertz CT molecular complexity index is 1160. The lowest BCUT2D eigenvalue weighted by atomic mass is 9.98. The van der Waals surface area contributed by atoms with Crippen molar-refractivity contribution in [2.45, 2.75) is 0 Å². The van der Waals surface area contributed by atoms with Gasteiger partial charge in [0.15, 0.2) is 5.82 Å². The lowest BCUT2D eigenvalue weighted by molar-refractivity contribution is -0.116. The molecule has 2 aromatic carbocycles. The van der Waals surface area contributed by atoms with Gasteiger partial charge in [-0.15, -0.1) is 0 Å². The van der Waals surface area contributed by atoms with E-state index in [2.05, 4.69) is 10.3 Å². The van der Waals surface area contributed by atoms with Crippen molar-refractivity contribution in [2.75, 3.05) is 12.8 Å². The van der Waals surface area contributed by atoms with Crippen molar-refractivity contribution in [3.05, 3.63) is 96.2 Å². The molecule has 4 rings (SSSR count). The molecule has 0 radical (unpaired) electrons. The Labute approximate surface area is 163 Å². The number of likely N-dealkylation sites (N-methyl/N-ethyl adjacent to an activating group) is 1. The summed E-state index contributed by atoms with van der Waals surface area (Å²) in [4.78, 5) is 16.6. The highest BCUT2D eigenvalue weighted by molar-refractivity contribution is 5.99. The van der Waals surface area contributed by atoms with Crippen molar-refractivity contribution in [1.29, 1.82) is 0 Å². The Hall–Kier alpha value is -3.86. The predicted octanol–water partition coefficient (Wildman–Crippen LogP) is 3.76. The number of carbonyl (C=O) groups is 1. The van der Waals surface area contributed by atoms with E-state index < -0.39 is 0 Å². The zero-order chi connectivity index (χ0) is 19.5. The SMILES string of the molecule is CNC(=O)/C=C(\c1ccccc1)c1ccc2nc(N)c(-c3ccccc3)n2c1. The molecule has 0 aliphatic carbocycles. The fourth-order valence-corrected chi connectivity index (χ4v) is 3.26. The third-order valence-corrected chi connectivity index (χ3v) is 4.61. The largest absolute Gasteiger partial charge is 0.382 e. The molecular formula is C23H20N4O. The van der Waals surface area contributed by atoms with Crippen LogP contribution in [-0.2, 0) is 4.79 Å². The van der Waals surface area contributed by atoms with E-state index in [1.807, 2.05) is 83.4 Å². The van der Waals surface area contributed by atoms with Crippen LogP contribution in [-0.4, -0.2) is 22.3 Å². The van der Waals surface area contributed by atoms with Gasteiger partial charge >= 0.3 is 0 Å². The summed E-state index contributed by atoms with van der Waals surface area (Å²) >= 11 is 0. The molecule has 0 aliphatic heterocycles. The summed E-state index contributed by atoms with van der Waals surface area (Å²) in [6.07, 6.45) is 3.59. The summed E-state index contributed by atoms with van der Waals surface area (Å²) in [5.41, 5.74) is 11.5. The summed E-state index contributed by atoms with van der Waals surface area (Å²) in [5.74, 6) is 0.312. The second-order valence-electron chi connectivity index (χ2n) is 6.40. The van der Waals surface area contributed by atoms with Gasteiger partial charge in [-0.2, -0.15) is 0 Å². The summed E-state index contributed by atoms with van der Waals surface area (Å²) in [6, 6.07) is 23.6. The van der Waals surface area contributed by atoms with Gasteiger partial charge in [0.2, 0.25) is 5.91 Å². The minimum atomic E-state index is -0.160.